The summed E-state index contributed by atoms with van der Waals surface area (Å²) in [6, 6.07) is 5.61. The van der Waals surface area contributed by atoms with E-state index < -0.39 is 23.3 Å². The molecule has 2 aromatic carbocycles. The van der Waals surface area contributed by atoms with Crippen LogP contribution in [0, 0.1) is 0 Å². The molecule has 2 aliphatic carbocycles. The molecule has 4 rings (SSSR count). The van der Waals surface area contributed by atoms with Gasteiger partial charge in [0.15, 0.2) is 5.78 Å². The molecular formula is C20H18O6. The molecule has 0 fully saturated rings. The minimum atomic E-state index is -1.34. The summed E-state index contributed by atoms with van der Waals surface area (Å²) in [5, 5.41) is 41.9. The van der Waals surface area contributed by atoms with Gasteiger partial charge in [-0.3, -0.25) is 9.59 Å². The highest BCUT2D eigenvalue weighted by Crippen LogP contribution is 2.47. The number of hydrogen-bond donors (Lipinski definition) is 4. The van der Waals surface area contributed by atoms with Crippen molar-refractivity contribution in [3.63, 3.8) is 0 Å². The van der Waals surface area contributed by atoms with E-state index in [2.05, 4.69) is 0 Å². The molecule has 0 heterocycles. The number of phenolic OH excluding ortho intramolecular Hbond substituents is 2. The molecule has 2 unspecified atom stereocenters. The third-order valence-electron chi connectivity index (χ3n) is 5.65. The second-order valence-electron chi connectivity index (χ2n) is 6.93. The highest BCUT2D eigenvalue weighted by Gasteiger charge is 2.43. The molecule has 4 N–H and O–H groups in total. The summed E-state index contributed by atoms with van der Waals surface area (Å²) >= 11 is 0. The Labute approximate surface area is 149 Å². The first kappa shape index (κ1) is 16.8. The van der Waals surface area contributed by atoms with Crippen molar-refractivity contribution >= 4 is 11.6 Å². The number of phenols is 2. The largest absolute Gasteiger partial charge is 0.507 e. The number of hydrogen-bond acceptors (Lipinski definition) is 6. The Bertz CT molecular complexity index is 977. The molecule has 0 aromatic heterocycles. The Morgan fingerprint density at radius 1 is 1.12 bits per heavy atom. The fourth-order valence-corrected chi connectivity index (χ4v) is 4.02. The third kappa shape index (κ3) is 2.00. The summed E-state index contributed by atoms with van der Waals surface area (Å²) in [6.07, 6.45) is -0.450. The minimum absolute atomic E-state index is 0.0243. The van der Waals surface area contributed by atoms with E-state index in [1.54, 1.807) is 6.92 Å². The van der Waals surface area contributed by atoms with E-state index in [0.29, 0.717) is 12.0 Å². The van der Waals surface area contributed by atoms with Crippen LogP contribution in [0.4, 0.5) is 0 Å². The van der Waals surface area contributed by atoms with Gasteiger partial charge in [-0.05, 0) is 37.0 Å². The van der Waals surface area contributed by atoms with Gasteiger partial charge in [0, 0.05) is 16.7 Å². The molecule has 0 bridgehead atoms. The van der Waals surface area contributed by atoms with Crippen LogP contribution in [0.5, 0.6) is 11.5 Å². The lowest BCUT2D eigenvalue weighted by Gasteiger charge is -2.38. The van der Waals surface area contributed by atoms with Crippen LogP contribution in [0.1, 0.15) is 68.8 Å². The Morgan fingerprint density at radius 3 is 2.54 bits per heavy atom. The van der Waals surface area contributed by atoms with Crippen LogP contribution in [-0.4, -0.2) is 37.6 Å². The number of ketones is 2. The van der Waals surface area contributed by atoms with Crippen molar-refractivity contribution in [1.29, 1.82) is 0 Å². The van der Waals surface area contributed by atoms with Gasteiger partial charge < -0.3 is 20.4 Å². The van der Waals surface area contributed by atoms with Gasteiger partial charge in [-0.2, -0.15) is 0 Å². The van der Waals surface area contributed by atoms with E-state index in [4.69, 9.17) is 0 Å². The van der Waals surface area contributed by atoms with Crippen LogP contribution in [0.2, 0.25) is 0 Å². The van der Waals surface area contributed by atoms with Gasteiger partial charge in [0.2, 0.25) is 5.78 Å². The number of aliphatic hydroxyl groups excluding tert-OH is 1. The van der Waals surface area contributed by atoms with Crippen LogP contribution in [0.25, 0.3) is 0 Å². The molecule has 0 saturated carbocycles. The van der Waals surface area contributed by atoms with Gasteiger partial charge in [0.05, 0.1) is 16.7 Å². The lowest BCUT2D eigenvalue weighted by Crippen LogP contribution is -2.40. The molecule has 0 saturated heterocycles. The highest BCUT2D eigenvalue weighted by molar-refractivity contribution is 6.30. The van der Waals surface area contributed by atoms with Crippen molar-refractivity contribution in [2.45, 2.75) is 37.9 Å². The molecule has 2 aliphatic rings. The third-order valence-corrected chi connectivity index (χ3v) is 5.65. The van der Waals surface area contributed by atoms with E-state index in [9.17, 15) is 30.0 Å². The first-order valence-corrected chi connectivity index (χ1v) is 8.50. The number of aliphatic hydroxyl groups is 2. The normalized spacial score (nSPS) is 24.0. The zero-order valence-electron chi connectivity index (χ0n) is 14.1. The number of fused-ring (bicyclic) bond motifs is 3. The van der Waals surface area contributed by atoms with Crippen LogP contribution < -0.4 is 0 Å². The van der Waals surface area contributed by atoms with E-state index in [0.717, 1.165) is 0 Å². The van der Waals surface area contributed by atoms with E-state index in [1.165, 1.54) is 24.3 Å². The zero-order chi connectivity index (χ0) is 18.8. The first-order valence-electron chi connectivity index (χ1n) is 8.50. The van der Waals surface area contributed by atoms with Crippen molar-refractivity contribution in [2.75, 3.05) is 0 Å². The molecule has 0 spiro atoms. The number of carbonyl (C=O) groups excluding carboxylic acids is 2. The Balaban J connectivity index is 1.99. The predicted molar refractivity (Wildman–Crippen MR) is 91.6 cm³/mol. The lowest BCUT2D eigenvalue weighted by atomic mass is 9.72. The van der Waals surface area contributed by atoms with Gasteiger partial charge in [0.25, 0.3) is 0 Å². The molecule has 2 atom stereocenters. The maximum atomic E-state index is 12.9. The Kier molecular flexibility index (Phi) is 3.48. The second kappa shape index (κ2) is 5.40. The smallest absolute Gasteiger partial charge is 0.201 e. The van der Waals surface area contributed by atoms with Gasteiger partial charge in [-0.1, -0.05) is 19.1 Å². The molecule has 0 amide bonds. The van der Waals surface area contributed by atoms with E-state index in [-0.39, 0.29) is 52.2 Å². The highest BCUT2D eigenvalue weighted by atomic mass is 16.3. The second-order valence-corrected chi connectivity index (χ2v) is 6.93. The van der Waals surface area contributed by atoms with Gasteiger partial charge in [0.1, 0.15) is 17.6 Å². The Hall–Kier alpha value is -2.70. The fraction of sp³-hybridized carbons (Fsp3) is 0.300. The van der Waals surface area contributed by atoms with Crippen molar-refractivity contribution < 1.29 is 30.0 Å². The fourth-order valence-electron chi connectivity index (χ4n) is 4.02. The molecule has 26 heavy (non-hydrogen) atoms. The maximum absolute atomic E-state index is 12.9. The van der Waals surface area contributed by atoms with Gasteiger partial charge in [-0.15, -0.1) is 0 Å². The van der Waals surface area contributed by atoms with Gasteiger partial charge in [-0.25, -0.2) is 0 Å². The zero-order valence-corrected chi connectivity index (χ0v) is 14.1. The molecule has 0 aliphatic heterocycles. The molecular weight excluding hydrogens is 336 g/mol. The quantitative estimate of drug-likeness (QED) is 0.531. The van der Waals surface area contributed by atoms with Crippen molar-refractivity contribution in [2.24, 2.45) is 0 Å². The van der Waals surface area contributed by atoms with Crippen LogP contribution >= 0.6 is 0 Å². The standard InChI is InChI=1S/C20H18O6/c1-2-20(26)7-6-9-11(19(20)25)8-12-15(17(9)23)18(24)14-10(16(12)22)4-3-5-13(14)21/h3-5,8,19,21,23,25-26H,2,6-7H2,1H3. The number of rotatable bonds is 1. The maximum Gasteiger partial charge on any atom is 0.201 e. The topological polar surface area (TPSA) is 115 Å². The summed E-state index contributed by atoms with van der Waals surface area (Å²) in [5.74, 6) is -1.81. The summed E-state index contributed by atoms with van der Waals surface area (Å²) in [4.78, 5) is 25.7. The van der Waals surface area contributed by atoms with Crippen LogP contribution in [-0.2, 0) is 6.42 Å². The Morgan fingerprint density at radius 2 is 1.85 bits per heavy atom. The molecule has 6 heteroatoms. The van der Waals surface area contributed by atoms with Crippen LogP contribution in [0.3, 0.4) is 0 Å². The van der Waals surface area contributed by atoms with Crippen molar-refractivity contribution in [3.8, 4) is 11.5 Å². The molecule has 6 nitrogen and oxygen atoms in total. The number of carbonyl (C=O) groups is 2. The lowest BCUT2D eigenvalue weighted by molar-refractivity contribution is -0.0913. The summed E-state index contributed by atoms with van der Waals surface area (Å²) in [5.41, 5.74) is -0.970. The van der Waals surface area contributed by atoms with Crippen molar-refractivity contribution in [1.82, 2.24) is 0 Å². The van der Waals surface area contributed by atoms with Gasteiger partial charge >= 0.3 is 0 Å². The molecule has 0 radical (unpaired) electrons. The summed E-state index contributed by atoms with van der Waals surface area (Å²) in [6.45, 7) is 1.75. The first-order chi connectivity index (χ1) is 12.3. The number of aromatic hydroxyl groups is 2. The summed E-state index contributed by atoms with van der Waals surface area (Å²) in [7, 11) is 0. The molecule has 2 aromatic rings. The predicted octanol–water partition coefficient (Wildman–Crippen LogP) is 1.99. The monoisotopic (exact) mass is 354 g/mol. The van der Waals surface area contributed by atoms with Crippen molar-refractivity contribution in [3.05, 3.63) is 57.6 Å². The minimum Gasteiger partial charge on any atom is -0.507 e. The summed E-state index contributed by atoms with van der Waals surface area (Å²) < 4.78 is 0. The van der Waals surface area contributed by atoms with E-state index in [1.807, 2.05) is 0 Å². The average molecular weight is 354 g/mol. The average Bonchev–Trinajstić information content (AvgIpc) is 2.62. The number of benzene rings is 2. The van der Waals surface area contributed by atoms with E-state index >= 15 is 0 Å². The molecule has 134 valence electrons. The SMILES string of the molecule is CCC1(O)CCc2c(cc3c(c2O)C(=O)c2c(O)cccc2C3=O)C1O. The van der Waals surface area contributed by atoms with Crippen LogP contribution in [0.15, 0.2) is 24.3 Å².